The maximum Gasteiger partial charge on any atom is 0.372 e. The lowest BCUT2D eigenvalue weighted by Gasteiger charge is -2.22. The number of Topliss-reactive ketones (excluding diaryl/α,β-unsaturated/α-hetero) is 1. The molecule has 1 amide bonds. The van der Waals surface area contributed by atoms with Gasteiger partial charge in [-0.25, -0.2) is 9.18 Å². The molecule has 3 aromatic rings. The third-order valence-electron chi connectivity index (χ3n) is 5.14. The number of benzene rings is 3. The number of carboxylic acids is 1. The second kappa shape index (κ2) is 11.0. The highest BCUT2D eigenvalue weighted by atomic mass is 19.1. The van der Waals surface area contributed by atoms with Crippen LogP contribution >= 0.6 is 0 Å². The number of aryl methyl sites for hydroxylation is 1. The van der Waals surface area contributed by atoms with E-state index in [1.54, 1.807) is 12.1 Å². The zero-order chi connectivity index (χ0) is 22.9. The van der Waals surface area contributed by atoms with Crippen LogP contribution in [-0.4, -0.2) is 34.2 Å². The summed E-state index contributed by atoms with van der Waals surface area (Å²) in [6.07, 6.45) is 0.663. The number of carbonyl (C=O) groups excluding carboxylic acids is 2. The van der Waals surface area contributed by atoms with Crippen molar-refractivity contribution in [3.63, 3.8) is 0 Å². The van der Waals surface area contributed by atoms with Gasteiger partial charge in [-0.2, -0.15) is 0 Å². The summed E-state index contributed by atoms with van der Waals surface area (Å²) in [7, 11) is 0. The molecule has 5 nitrogen and oxygen atoms in total. The van der Waals surface area contributed by atoms with Gasteiger partial charge in [-0.05, 0) is 47.2 Å². The number of halogens is 1. The number of carboxylic acid groups (broad SMARTS) is 1. The fourth-order valence-electron chi connectivity index (χ4n) is 3.40. The van der Waals surface area contributed by atoms with Crippen molar-refractivity contribution in [3.8, 4) is 11.1 Å². The first-order valence-electron chi connectivity index (χ1n) is 10.3. The molecule has 6 heteroatoms. The molecule has 0 aliphatic heterocycles. The second-order valence-electron chi connectivity index (χ2n) is 7.51. The minimum atomic E-state index is -1.63. The number of hydrogen-bond acceptors (Lipinski definition) is 3. The highest BCUT2D eigenvalue weighted by Crippen LogP contribution is 2.20. The van der Waals surface area contributed by atoms with Crippen LogP contribution in [0.4, 0.5) is 4.39 Å². The maximum atomic E-state index is 13.2. The van der Waals surface area contributed by atoms with E-state index in [1.807, 2.05) is 42.5 Å². The summed E-state index contributed by atoms with van der Waals surface area (Å²) in [6, 6.07) is 24.0. The Morgan fingerprint density at radius 3 is 2.00 bits per heavy atom. The van der Waals surface area contributed by atoms with Gasteiger partial charge in [0, 0.05) is 13.1 Å². The largest absolute Gasteiger partial charge is 0.475 e. The predicted octanol–water partition coefficient (Wildman–Crippen LogP) is 4.50. The minimum absolute atomic E-state index is 0.180. The van der Waals surface area contributed by atoms with Crippen molar-refractivity contribution in [3.05, 3.63) is 95.8 Å². The van der Waals surface area contributed by atoms with Crippen LogP contribution in [0.5, 0.6) is 0 Å². The number of ketones is 1. The van der Waals surface area contributed by atoms with E-state index in [2.05, 4.69) is 12.1 Å². The topological polar surface area (TPSA) is 74.7 Å². The Kier molecular flexibility index (Phi) is 7.86. The standard InChI is InChI=1S/C26H24FNO4/c27-23-14-10-20(11-15-23)18-28(25(30)17-24(29)26(31)32)16-4-5-19-8-12-22(13-9-19)21-6-2-1-3-7-21/h1-3,6-15H,4-5,16-18H2,(H,31,32). The van der Waals surface area contributed by atoms with Crippen LogP contribution in [-0.2, 0) is 27.3 Å². The van der Waals surface area contributed by atoms with Crippen LogP contribution in [0, 0.1) is 5.82 Å². The lowest BCUT2D eigenvalue weighted by Crippen LogP contribution is -2.34. The van der Waals surface area contributed by atoms with Gasteiger partial charge in [0.15, 0.2) is 0 Å². The molecule has 1 N–H and O–H groups in total. The van der Waals surface area contributed by atoms with Gasteiger partial charge in [-0.3, -0.25) is 9.59 Å². The average molecular weight is 433 g/mol. The van der Waals surface area contributed by atoms with Crippen molar-refractivity contribution in [1.29, 1.82) is 0 Å². The Balaban J connectivity index is 1.62. The van der Waals surface area contributed by atoms with Gasteiger partial charge < -0.3 is 10.0 Å². The monoisotopic (exact) mass is 433 g/mol. The summed E-state index contributed by atoms with van der Waals surface area (Å²) in [4.78, 5) is 36.3. The molecule has 0 unspecified atom stereocenters. The first kappa shape index (κ1) is 22.9. The van der Waals surface area contributed by atoms with Gasteiger partial charge in [0.1, 0.15) is 5.82 Å². The third kappa shape index (κ3) is 6.60. The molecule has 0 radical (unpaired) electrons. The van der Waals surface area contributed by atoms with Crippen molar-refractivity contribution in [2.75, 3.05) is 6.54 Å². The summed E-state index contributed by atoms with van der Waals surface area (Å²) < 4.78 is 13.2. The molecule has 0 aliphatic rings. The predicted molar refractivity (Wildman–Crippen MR) is 119 cm³/mol. The van der Waals surface area contributed by atoms with Gasteiger partial charge >= 0.3 is 5.97 Å². The molecular weight excluding hydrogens is 409 g/mol. The van der Waals surface area contributed by atoms with Crippen molar-refractivity contribution >= 4 is 17.7 Å². The molecule has 3 aromatic carbocycles. The van der Waals surface area contributed by atoms with E-state index >= 15 is 0 Å². The van der Waals surface area contributed by atoms with E-state index in [9.17, 15) is 18.8 Å². The van der Waals surface area contributed by atoms with Crippen LogP contribution in [0.25, 0.3) is 11.1 Å². The van der Waals surface area contributed by atoms with Crippen LogP contribution in [0.2, 0.25) is 0 Å². The zero-order valence-corrected chi connectivity index (χ0v) is 17.5. The lowest BCUT2D eigenvalue weighted by molar-refractivity contribution is -0.151. The maximum absolute atomic E-state index is 13.2. The average Bonchev–Trinajstić information content (AvgIpc) is 2.80. The summed E-state index contributed by atoms with van der Waals surface area (Å²) >= 11 is 0. The summed E-state index contributed by atoms with van der Waals surface area (Å²) in [5.74, 6) is -3.71. The molecule has 0 heterocycles. The third-order valence-corrected chi connectivity index (χ3v) is 5.14. The van der Waals surface area contributed by atoms with Crippen LogP contribution in [0.3, 0.4) is 0 Å². The van der Waals surface area contributed by atoms with Gasteiger partial charge in [-0.1, -0.05) is 66.7 Å². The van der Waals surface area contributed by atoms with E-state index < -0.39 is 24.1 Å². The quantitative estimate of drug-likeness (QED) is 0.377. The minimum Gasteiger partial charge on any atom is -0.475 e. The Hall–Kier alpha value is -3.80. The van der Waals surface area contributed by atoms with Crippen molar-refractivity contribution in [2.45, 2.75) is 25.8 Å². The summed E-state index contributed by atoms with van der Waals surface area (Å²) in [6.45, 7) is 0.530. The van der Waals surface area contributed by atoms with Gasteiger partial charge in [0.05, 0.1) is 6.42 Å². The molecule has 3 rings (SSSR count). The SMILES string of the molecule is O=C(O)C(=O)CC(=O)N(CCCc1ccc(-c2ccccc2)cc1)Cc1ccc(F)cc1. The number of carbonyl (C=O) groups is 3. The fraction of sp³-hybridized carbons (Fsp3) is 0.192. The normalized spacial score (nSPS) is 10.5. The van der Waals surface area contributed by atoms with Crippen molar-refractivity contribution in [2.24, 2.45) is 0 Å². The molecule has 0 spiro atoms. The first-order chi connectivity index (χ1) is 15.4. The van der Waals surface area contributed by atoms with Crippen LogP contribution in [0.1, 0.15) is 24.0 Å². The van der Waals surface area contributed by atoms with Crippen LogP contribution in [0.15, 0.2) is 78.9 Å². The fourth-order valence-corrected chi connectivity index (χ4v) is 3.40. The van der Waals surface area contributed by atoms with Crippen LogP contribution < -0.4 is 0 Å². The number of nitrogens with zero attached hydrogens (tertiary/aromatic N) is 1. The van der Waals surface area contributed by atoms with E-state index in [0.29, 0.717) is 18.5 Å². The molecule has 0 aromatic heterocycles. The lowest BCUT2D eigenvalue weighted by atomic mass is 10.0. The molecule has 0 bridgehead atoms. The second-order valence-corrected chi connectivity index (χ2v) is 7.51. The molecular formula is C26H24FNO4. The number of amides is 1. The van der Waals surface area contributed by atoms with Crippen molar-refractivity contribution < 1.29 is 23.9 Å². The summed E-state index contributed by atoms with van der Waals surface area (Å²) in [5.41, 5.74) is 4.07. The van der Waals surface area contributed by atoms with E-state index in [4.69, 9.17) is 5.11 Å². The zero-order valence-electron chi connectivity index (χ0n) is 17.5. The molecule has 32 heavy (non-hydrogen) atoms. The highest BCUT2D eigenvalue weighted by Gasteiger charge is 2.21. The van der Waals surface area contributed by atoms with Crippen molar-refractivity contribution in [1.82, 2.24) is 4.90 Å². The number of rotatable bonds is 10. The molecule has 0 atom stereocenters. The molecule has 164 valence electrons. The van der Waals surface area contributed by atoms with E-state index in [-0.39, 0.29) is 12.4 Å². The Morgan fingerprint density at radius 1 is 0.781 bits per heavy atom. The molecule has 0 aliphatic carbocycles. The Labute approximate surface area is 186 Å². The molecule has 0 saturated heterocycles. The molecule has 0 fully saturated rings. The Morgan fingerprint density at radius 2 is 1.38 bits per heavy atom. The van der Waals surface area contributed by atoms with E-state index in [1.165, 1.54) is 17.0 Å². The highest BCUT2D eigenvalue weighted by molar-refractivity contribution is 6.36. The Bertz CT molecular complexity index is 1060. The molecule has 0 saturated carbocycles. The van der Waals surface area contributed by atoms with Gasteiger partial charge in [-0.15, -0.1) is 0 Å². The summed E-state index contributed by atoms with van der Waals surface area (Å²) in [5, 5.41) is 8.80. The number of aliphatic carboxylic acids is 1. The number of hydrogen-bond donors (Lipinski definition) is 1. The van der Waals surface area contributed by atoms with E-state index in [0.717, 1.165) is 23.1 Å². The van der Waals surface area contributed by atoms with Gasteiger partial charge in [0.2, 0.25) is 11.7 Å². The first-order valence-corrected chi connectivity index (χ1v) is 10.3. The van der Waals surface area contributed by atoms with Gasteiger partial charge in [0.25, 0.3) is 0 Å². The smallest absolute Gasteiger partial charge is 0.372 e.